The van der Waals surface area contributed by atoms with Gasteiger partial charge in [-0.05, 0) is 29.0 Å². The third-order valence-corrected chi connectivity index (χ3v) is 5.91. The zero-order valence-corrected chi connectivity index (χ0v) is 21.9. The Morgan fingerprint density at radius 1 is 0.643 bits per heavy atom. The van der Waals surface area contributed by atoms with Gasteiger partial charge in [-0.2, -0.15) is 0 Å². The molecule has 0 atom stereocenters. The first kappa shape index (κ1) is 28.3. The second-order valence-electron chi connectivity index (χ2n) is 4.94. The number of benzene rings is 3. The number of rotatable bonds is 2. The van der Waals surface area contributed by atoms with E-state index in [0.29, 0.717) is 5.39 Å². The molecule has 0 aliphatic rings. The minimum absolute atomic E-state index is 0. The van der Waals surface area contributed by atoms with Gasteiger partial charge in [0.05, 0.1) is 19.8 Å². The Morgan fingerprint density at radius 3 is 1.64 bits per heavy atom. The Bertz CT molecular complexity index is 1160. The van der Waals surface area contributed by atoms with E-state index in [9.17, 15) is 25.9 Å². The molecule has 0 N–H and O–H groups in total. The summed E-state index contributed by atoms with van der Waals surface area (Å²) in [5, 5.41) is 1.05. The first-order valence-electron chi connectivity index (χ1n) is 6.85. The zero-order valence-electron chi connectivity index (χ0n) is 14.8. The quantitative estimate of drug-likeness (QED) is 0.301. The van der Waals surface area contributed by atoms with E-state index in [1.54, 1.807) is 36.4 Å². The van der Waals surface area contributed by atoms with Gasteiger partial charge in [-0.15, -0.1) is 0 Å². The van der Waals surface area contributed by atoms with Crippen molar-refractivity contribution < 1.29 is 85.1 Å². The molecule has 28 heavy (non-hydrogen) atoms. The van der Waals surface area contributed by atoms with Crippen LogP contribution in [0.15, 0.2) is 70.5 Å². The Labute approximate surface area is 217 Å². The van der Waals surface area contributed by atoms with Gasteiger partial charge in [-0.3, -0.25) is 0 Å². The molecule has 138 valence electrons. The van der Waals surface area contributed by atoms with Gasteiger partial charge in [0.1, 0.15) is 20.2 Å². The minimum atomic E-state index is -4.52. The van der Waals surface area contributed by atoms with Gasteiger partial charge in [0.25, 0.3) is 0 Å². The molecule has 0 bridgehead atoms. The molecule has 0 radical (unpaired) electrons. The maximum absolute atomic E-state index is 10.9. The SMILES string of the molecule is O=S(=O)([O-])c1cccc(Cl)c1Cl.O=S(=O)([O-])c1cccc2ccccc12.[Na+].[Na+]. The van der Waals surface area contributed by atoms with Crippen LogP contribution in [0, 0.1) is 0 Å². The summed E-state index contributed by atoms with van der Waals surface area (Å²) < 4.78 is 64.2. The summed E-state index contributed by atoms with van der Waals surface area (Å²) in [5.41, 5.74) is 0. The molecule has 0 heterocycles. The molecule has 0 spiro atoms. The van der Waals surface area contributed by atoms with E-state index in [2.05, 4.69) is 0 Å². The van der Waals surface area contributed by atoms with Crippen LogP contribution in [-0.2, 0) is 20.2 Å². The smallest absolute Gasteiger partial charge is 0.744 e. The van der Waals surface area contributed by atoms with Gasteiger partial charge < -0.3 is 9.11 Å². The van der Waals surface area contributed by atoms with Crippen molar-refractivity contribution >= 4 is 54.2 Å². The monoisotopic (exact) mass is 478 g/mol. The third-order valence-electron chi connectivity index (χ3n) is 3.20. The van der Waals surface area contributed by atoms with Gasteiger partial charge in [-0.1, -0.05) is 65.7 Å². The van der Waals surface area contributed by atoms with Gasteiger partial charge >= 0.3 is 59.1 Å². The van der Waals surface area contributed by atoms with Gasteiger partial charge in [0.2, 0.25) is 0 Å². The summed E-state index contributed by atoms with van der Waals surface area (Å²) >= 11 is 11.0. The van der Waals surface area contributed by atoms with Crippen molar-refractivity contribution in [2.45, 2.75) is 9.79 Å². The molecule has 0 aliphatic heterocycles. The van der Waals surface area contributed by atoms with Crippen LogP contribution < -0.4 is 59.1 Å². The van der Waals surface area contributed by atoms with E-state index in [1.807, 2.05) is 0 Å². The summed E-state index contributed by atoms with van der Waals surface area (Å²) in [7, 11) is -8.90. The van der Waals surface area contributed by atoms with Crippen molar-refractivity contribution in [3.8, 4) is 0 Å². The molecule has 0 fully saturated rings. The molecule has 0 unspecified atom stereocenters. The largest absolute Gasteiger partial charge is 1.00 e. The average Bonchev–Trinajstić information content (AvgIpc) is 2.55. The summed E-state index contributed by atoms with van der Waals surface area (Å²) in [6.45, 7) is 0. The molecule has 0 saturated heterocycles. The maximum Gasteiger partial charge on any atom is 1.00 e. The zero-order chi connectivity index (χ0) is 19.5. The first-order valence-corrected chi connectivity index (χ1v) is 10.4. The Morgan fingerprint density at radius 2 is 1.11 bits per heavy atom. The van der Waals surface area contributed by atoms with E-state index in [4.69, 9.17) is 23.2 Å². The fourth-order valence-electron chi connectivity index (χ4n) is 2.09. The molecule has 0 amide bonds. The molecular weight excluding hydrogens is 469 g/mol. The standard InChI is InChI=1S/C10H8O3S.C6H4Cl2O3S.2Na/c11-14(12,13)10-7-3-5-8-4-1-2-6-9(8)10;7-4-2-1-3-5(6(4)8)12(9,10)11;;/h1-7H,(H,11,12,13);1-3H,(H,9,10,11);;/q;;2*+1/p-2. The van der Waals surface area contributed by atoms with E-state index in [0.717, 1.165) is 11.5 Å². The molecule has 3 rings (SSSR count). The molecule has 0 aliphatic carbocycles. The van der Waals surface area contributed by atoms with E-state index >= 15 is 0 Å². The van der Waals surface area contributed by atoms with E-state index in [1.165, 1.54) is 18.2 Å². The summed E-state index contributed by atoms with van der Waals surface area (Å²) in [6, 6.07) is 15.4. The predicted molar refractivity (Wildman–Crippen MR) is 96.3 cm³/mol. The topological polar surface area (TPSA) is 114 Å². The molecular formula is C16H10Cl2Na2O6S2. The predicted octanol–water partition coefficient (Wildman–Crippen LogP) is -2.35. The number of halogens is 2. The Balaban J connectivity index is 0.000000492. The molecule has 3 aromatic rings. The van der Waals surface area contributed by atoms with Crippen molar-refractivity contribution in [1.82, 2.24) is 0 Å². The van der Waals surface area contributed by atoms with Crippen molar-refractivity contribution in [2.24, 2.45) is 0 Å². The van der Waals surface area contributed by atoms with Crippen LogP contribution in [0.5, 0.6) is 0 Å². The molecule has 0 saturated carbocycles. The van der Waals surface area contributed by atoms with Crippen molar-refractivity contribution in [3.05, 3.63) is 70.7 Å². The Kier molecular flexibility index (Phi) is 11.8. The number of hydrogen-bond donors (Lipinski definition) is 0. The van der Waals surface area contributed by atoms with Crippen molar-refractivity contribution in [2.75, 3.05) is 0 Å². The van der Waals surface area contributed by atoms with Crippen LogP contribution in [0.4, 0.5) is 0 Å². The summed E-state index contributed by atoms with van der Waals surface area (Å²) in [4.78, 5) is -0.646. The van der Waals surface area contributed by atoms with Crippen LogP contribution in [-0.4, -0.2) is 25.9 Å². The molecule has 12 heteroatoms. The second-order valence-corrected chi connectivity index (χ2v) is 8.42. The van der Waals surface area contributed by atoms with Crippen LogP contribution >= 0.6 is 23.2 Å². The summed E-state index contributed by atoms with van der Waals surface area (Å²) in [6.07, 6.45) is 0. The van der Waals surface area contributed by atoms with Gasteiger partial charge in [0, 0.05) is 0 Å². The fraction of sp³-hybridized carbons (Fsp3) is 0. The maximum atomic E-state index is 10.9. The third kappa shape index (κ3) is 7.54. The number of fused-ring (bicyclic) bond motifs is 1. The van der Waals surface area contributed by atoms with Gasteiger partial charge in [0.15, 0.2) is 0 Å². The van der Waals surface area contributed by atoms with Crippen LogP contribution in [0.2, 0.25) is 10.0 Å². The second kappa shape index (κ2) is 11.6. The summed E-state index contributed by atoms with van der Waals surface area (Å²) in [5.74, 6) is 0. The Hall–Kier alpha value is 0.320. The van der Waals surface area contributed by atoms with Crippen molar-refractivity contribution in [3.63, 3.8) is 0 Å². The van der Waals surface area contributed by atoms with E-state index in [-0.39, 0.29) is 74.1 Å². The minimum Gasteiger partial charge on any atom is -0.744 e. The van der Waals surface area contributed by atoms with Crippen LogP contribution in [0.3, 0.4) is 0 Å². The molecule has 6 nitrogen and oxygen atoms in total. The first-order chi connectivity index (χ1) is 12.0. The fourth-order valence-corrected chi connectivity index (χ4v) is 4.01. The number of hydrogen-bond acceptors (Lipinski definition) is 6. The normalized spacial score (nSPS) is 10.9. The van der Waals surface area contributed by atoms with E-state index < -0.39 is 25.1 Å². The molecule has 0 aromatic heterocycles. The van der Waals surface area contributed by atoms with Crippen molar-refractivity contribution in [1.29, 1.82) is 0 Å². The average molecular weight is 479 g/mol. The van der Waals surface area contributed by atoms with Gasteiger partial charge in [-0.25, -0.2) is 16.8 Å². The van der Waals surface area contributed by atoms with Crippen LogP contribution in [0.1, 0.15) is 0 Å². The van der Waals surface area contributed by atoms with Crippen LogP contribution in [0.25, 0.3) is 10.8 Å². The molecule has 3 aromatic carbocycles.